The number of halogens is 1. The summed E-state index contributed by atoms with van der Waals surface area (Å²) >= 11 is 1.65. The van der Waals surface area contributed by atoms with Gasteiger partial charge in [0.1, 0.15) is 5.82 Å². The van der Waals surface area contributed by atoms with Crippen LogP contribution in [0.4, 0.5) is 15.2 Å². The Morgan fingerprint density at radius 1 is 1.26 bits per heavy atom. The fourth-order valence-corrected chi connectivity index (χ4v) is 3.72. The van der Waals surface area contributed by atoms with Crippen LogP contribution in [0.3, 0.4) is 0 Å². The molecular formula is C16H21BFN3OS. The van der Waals surface area contributed by atoms with Crippen molar-refractivity contribution in [3.05, 3.63) is 41.2 Å². The Morgan fingerprint density at radius 3 is 2.61 bits per heavy atom. The highest BCUT2D eigenvalue weighted by Crippen LogP contribution is 2.26. The SMILES string of the molecule is CB(O)N(Cc1csc(N2CCCCC2)n1)c1ccc(F)cc1. The molecule has 0 unspecified atom stereocenters. The van der Waals surface area contributed by atoms with Crippen molar-refractivity contribution in [1.29, 1.82) is 0 Å². The number of benzene rings is 1. The largest absolute Gasteiger partial charge is 0.432 e. The molecule has 0 aliphatic carbocycles. The molecule has 2 aromatic rings. The molecule has 1 fully saturated rings. The quantitative estimate of drug-likeness (QED) is 0.852. The molecule has 0 bridgehead atoms. The molecule has 0 saturated carbocycles. The van der Waals surface area contributed by atoms with E-state index in [0.29, 0.717) is 6.54 Å². The van der Waals surface area contributed by atoms with Gasteiger partial charge in [-0.05, 0) is 50.4 Å². The fraction of sp³-hybridized carbons (Fsp3) is 0.438. The van der Waals surface area contributed by atoms with Gasteiger partial charge in [0, 0.05) is 24.2 Å². The van der Waals surface area contributed by atoms with Gasteiger partial charge in [0.05, 0.1) is 12.2 Å². The number of nitrogens with zero attached hydrogens (tertiary/aromatic N) is 3. The maximum Gasteiger partial charge on any atom is 0.409 e. The number of rotatable bonds is 5. The number of aromatic nitrogens is 1. The van der Waals surface area contributed by atoms with Crippen LogP contribution in [0.2, 0.25) is 6.82 Å². The first-order chi connectivity index (χ1) is 11.1. The summed E-state index contributed by atoms with van der Waals surface area (Å²) in [4.78, 5) is 8.87. The summed E-state index contributed by atoms with van der Waals surface area (Å²) in [7, 11) is -0.666. The van der Waals surface area contributed by atoms with Crippen molar-refractivity contribution in [2.24, 2.45) is 0 Å². The van der Waals surface area contributed by atoms with E-state index in [0.717, 1.165) is 29.6 Å². The summed E-state index contributed by atoms with van der Waals surface area (Å²) in [5.74, 6) is -0.277. The summed E-state index contributed by atoms with van der Waals surface area (Å²) in [6.07, 6.45) is 3.75. The molecule has 1 N–H and O–H groups in total. The molecule has 3 rings (SSSR count). The molecule has 0 amide bonds. The number of hydrogen-bond acceptors (Lipinski definition) is 5. The zero-order valence-corrected chi connectivity index (χ0v) is 14.1. The van der Waals surface area contributed by atoms with Crippen molar-refractivity contribution in [3.63, 3.8) is 0 Å². The van der Waals surface area contributed by atoms with E-state index >= 15 is 0 Å². The van der Waals surface area contributed by atoms with Crippen molar-refractivity contribution in [2.75, 3.05) is 22.8 Å². The van der Waals surface area contributed by atoms with Gasteiger partial charge in [0.25, 0.3) is 0 Å². The van der Waals surface area contributed by atoms with Crippen LogP contribution >= 0.6 is 11.3 Å². The van der Waals surface area contributed by atoms with E-state index in [4.69, 9.17) is 4.98 Å². The maximum atomic E-state index is 13.1. The van der Waals surface area contributed by atoms with Gasteiger partial charge >= 0.3 is 7.05 Å². The van der Waals surface area contributed by atoms with Crippen molar-refractivity contribution in [2.45, 2.75) is 32.6 Å². The Balaban J connectivity index is 1.73. The molecule has 1 aromatic carbocycles. The molecule has 0 atom stereocenters. The Kier molecular flexibility index (Phi) is 5.18. The lowest BCUT2D eigenvalue weighted by Gasteiger charge is -2.26. The normalized spacial score (nSPS) is 14.8. The van der Waals surface area contributed by atoms with Crippen LogP contribution in [-0.4, -0.2) is 30.1 Å². The zero-order valence-electron chi connectivity index (χ0n) is 13.3. The standard InChI is InChI=1S/C16H21BFN3OS/c1-17(22)21(15-7-5-13(18)6-8-15)11-14-12-23-16(19-14)20-9-3-2-4-10-20/h5-8,12,22H,2-4,9-11H2,1H3. The van der Waals surface area contributed by atoms with E-state index in [1.165, 1.54) is 31.4 Å². The van der Waals surface area contributed by atoms with Gasteiger partial charge in [-0.25, -0.2) is 9.37 Å². The third-order valence-corrected chi connectivity index (χ3v) is 5.06. The van der Waals surface area contributed by atoms with E-state index in [1.54, 1.807) is 30.3 Å². The van der Waals surface area contributed by atoms with Crippen LogP contribution < -0.4 is 9.71 Å². The highest BCUT2D eigenvalue weighted by atomic mass is 32.1. The molecule has 2 heterocycles. The number of hydrogen-bond donors (Lipinski definition) is 1. The third kappa shape index (κ3) is 4.03. The molecule has 7 heteroatoms. The van der Waals surface area contributed by atoms with Crippen molar-refractivity contribution < 1.29 is 9.41 Å². The Bertz CT molecular complexity index is 629. The van der Waals surface area contributed by atoms with Gasteiger partial charge in [-0.1, -0.05) is 0 Å². The lowest BCUT2D eigenvalue weighted by molar-refractivity contribution is 0.567. The topological polar surface area (TPSA) is 39.6 Å². The second-order valence-electron chi connectivity index (χ2n) is 5.91. The second kappa shape index (κ2) is 7.32. The maximum absolute atomic E-state index is 13.1. The smallest absolute Gasteiger partial charge is 0.409 e. The predicted molar refractivity (Wildman–Crippen MR) is 94.6 cm³/mol. The predicted octanol–water partition coefficient (Wildman–Crippen LogP) is 3.39. The summed E-state index contributed by atoms with van der Waals surface area (Å²) in [6, 6.07) is 6.18. The van der Waals surface area contributed by atoms with Crippen LogP contribution in [0.1, 0.15) is 25.0 Å². The molecule has 1 aliphatic rings. The first kappa shape index (κ1) is 16.3. The third-order valence-electron chi connectivity index (χ3n) is 4.11. The van der Waals surface area contributed by atoms with Crippen LogP contribution in [-0.2, 0) is 6.54 Å². The first-order valence-electron chi connectivity index (χ1n) is 8.03. The van der Waals surface area contributed by atoms with Crippen LogP contribution in [0.15, 0.2) is 29.6 Å². The molecule has 0 spiro atoms. The molecule has 1 saturated heterocycles. The minimum Gasteiger partial charge on any atom is -0.432 e. The Labute approximate surface area is 140 Å². The zero-order chi connectivity index (χ0) is 16.2. The summed E-state index contributed by atoms with van der Waals surface area (Å²) in [6.45, 7) is 4.37. The highest BCUT2D eigenvalue weighted by Gasteiger charge is 2.20. The van der Waals surface area contributed by atoms with Crippen LogP contribution in [0, 0.1) is 5.82 Å². The van der Waals surface area contributed by atoms with Crippen LogP contribution in [0.25, 0.3) is 0 Å². The first-order valence-corrected chi connectivity index (χ1v) is 8.91. The summed E-state index contributed by atoms with van der Waals surface area (Å²) < 4.78 is 13.1. The van der Waals surface area contributed by atoms with E-state index in [-0.39, 0.29) is 5.82 Å². The van der Waals surface area contributed by atoms with Gasteiger partial charge in [0.15, 0.2) is 5.13 Å². The number of anilines is 2. The van der Waals surface area contributed by atoms with E-state index in [2.05, 4.69) is 4.90 Å². The average Bonchev–Trinajstić information content (AvgIpc) is 3.03. The van der Waals surface area contributed by atoms with Crippen molar-refractivity contribution >= 4 is 29.2 Å². The molecule has 1 aliphatic heterocycles. The van der Waals surface area contributed by atoms with Gasteiger partial charge in [-0.2, -0.15) is 0 Å². The molecule has 23 heavy (non-hydrogen) atoms. The van der Waals surface area contributed by atoms with Crippen molar-refractivity contribution in [1.82, 2.24) is 4.98 Å². The monoisotopic (exact) mass is 333 g/mol. The second-order valence-corrected chi connectivity index (χ2v) is 6.74. The van der Waals surface area contributed by atoms with Gasteiger partial charge < -0.3 is 14.7 Å². The highest BCUT2D eigenvalue weighted by molar-refractivity contribution is 7.13. The van der Waals surface area contributed by atoms with E-state index < -0.39 is 7.05 Å². The fourth-order valence-electron chi connectivity index (χ4n) is 2.85. The van der Waals surface area contributed by atoms with Gasteiger partial charge in [-0.3, -0.25) is 0 Å². The minimum absolute atomic E-state index is 0.277. The van der Waals surface area contributed by atoms with E-state index in [9.17, 15) is 9.41 Å². The lowest BCUT2D eigenvalue weighted by atomic mass is 9.84. The lowest BCUT2D eigenvalue weighted by Crippen LogP contribution is -2.36. The number of piperidine rings is 1. The summed E-state index contributed by atoms with van der Waals surface area (Å²) in [5.41, 5.74) is 1.72. The molecular weight excluding hydrogens is 312 g/mol. The molecule has 4 nitrogen and oxygen atoms in total. The summed E-state index contributed by atoms with van der Waals surface area (Å²) in [5, 5.41) is 13.2. The molecule has 1 aromatic heterocycles. The van der Waals surface area contributed by atoms with E-state index in [1.807, 2.05) is 10.2 Å². The minimum atomic E-state index is -0.666. The van der Waals surface area contributed by atoms with Crippen molar-refractivity contribution in [3.8, 4) is 0 Å². The molecule has 0 radical (unpaired) electrons. The average molecular weight is 333 g/mol. The molecule has 122 valence electrons. The Hall–Kier alpha value is -1.60. The Morgan fingerprint density at radius 2 is 1.96 bits per heavy atom. The number of thiazole rings is 1. The van der Waals surface area contributed by atoms with Gasteiger partial charge in [-0.15, -0.1) is 11.3 Å². The van der Waals surface area contributed by atoms with Gasteiger partial charge in [0.2, 0.25) is 0 Å². The van der Waals surface area contributed by atoms with Crippen LogP contribution in [0.5, 0.6) is 0 Å².